The summed E-state index contributed by atoms with van der Waals surface area (Å²) in [5, 5.41) is 8.15. The van der Waals surface area contributed by atoms with Crippen molar-refractivity contribution >= 4 is 21.4 Å². The van der Waals surface area contributed by atoms with Gasteiger partial charge in [0.05, 0.1) is 35.1 Å². The summed E-state index contributed by atoms with van der Waals surface area (Å²) in [6.45, 7) is 5.63. The van der Waals surface area contributed by atoms with Gasteiger partial charge in [0.2, 0.25) is 29.3 Å². The highest BCUT2D eigenvalue weighted by atomic mass is 32.2. The van der Waals surface area contributed by atoms with Crippen LogP contribution in [0.15, 0.2) is 62.4 Å². The fourth-order valence-electron chi connectivity index (χ4n) is 4.12. The molecule has 3 heterocycles. The predicted octanol–water partition coefficient (Wildman–Crippen LogP) is 4.36. The monoisotopic (exact) mass is 575 g/mol. The van der Waals surface area contributed by atoms with Gasteiger partial charge < -0.3 is 19.5 Å². The highest BCUT2D eigenvalue weighted by Gasteiger charge is 2.37. The Labute approximate surface area is 226 Å². The molecule has 1 aliphatic heterocycles. The smallest absolute Gasteiger partial charge is 0.432 e. The first-order valence-corrected chi connectivity index (χ1v) is 13.7. The van der Waals surface area contributed by atoms with Crippen molar-refractivity contribution in [3.63, 3.8) is 0 Å². The summed E-state index contributed by atoms with van der Waals surface area (Å²) in [6.07, 6.45) is -4.07. The van der Waals surface area contributed by atoms with Crippen molar-refractivity contribution < 1.29 is 35.2 Å². The third-order valence-electron chi connectivity index (χ3n) is 6.21. The molecule has 0 unspecified atom stereocenters. The molecule has 14 heteroatoms. The third-order valence-corrected chi connectivity index (χ3v) is 8.02. The zero-order valence-electron chi connectivity index (χ0n) is 21.6. The lowest BCUT2D eigenvalue weighted by Gasteiger charge is -2.24. The van der Waals surface area contributed by atoms with E-state index in [1.54, 1.807) is 12.1 Å². The van der Waals surface area contributed by atoms with Crippen molar-refractivity contribution in [3.05, 3.63) is 65.9 Å². The largest absolute Gasteiger partial charge is 0.451 e. The molecule has 1 amide bonds. The summed E-state index contributed by atoms with van der Waals surface area (Å²) >= 11 is 0. The number of nitrogens with zero attached hydrogens (tertiary/aromatic N) is 4. The average molecular weight is 576 g/mol. The van der Waals surface area contributed by atoms with Gasteiger partial charge in [0, 0.05) is 16.5 Å². The van der Waals surface area contributed by atoms with E-state index in [1.165, 1.54) is 35.2 Å². The number of sulfone groups is 1. The van der Waals surface area contributed by atoms with Crippen LogP contribution in [0.2, 0.25) is 0 Å². The lowest BCUT2D eigenvalue weighted by atomic mass is 9.97. The van der Waals surface area contributed by atoms with E-state index in [9.17, 15) is 26.4 Å². The number of benzene rings is 2. The molecule has 1 atom stereocenters. The zero-order valence-corrected chi connectivity index (χ0v) is 22.4. The van der Waals surface area contributed by atoms with Crippen molar-refractivity contribution in [1.82, 2.24) is 15.2 Å². The zero-order chi connectivity index (χ0) is 29.0. The molecule has 2 N–H and O–H groups in total. The molecule has 4 aromatic rings. The van der Waals surface area contributed by atoms with Crippen molar-refractivity contribution in [2.45, 2.75) is 49.8 Å². The van der Waals surface area contributed by atoms with Gasteiger partial charge in [0.15, 0.2) is 9.84 Å². The van der Waals surface area contributed by atoms with E-state index in [0.717, 1.165) is 0 Å². The van der Waals surface area contributed by atoms with Gasteiger partial charge in [0.1, 0.15) is 0 Å². The van der Waals surface area contributed by atoms with E-state index in [2.05, 4.69) is 15.2 Å². The molecule has 1 aliphatic rings. The first kappa shape index (κ1) is 27.5. The van der Waals surface area contributed by atoms with Crippen LogP contribution in [0.1, 0.15) is 38.0 Å². The number of aromatic nitrogens is 3. The minimum atomic E-state index is -4.67. The fourth-order valence-corrected chi connectivity index (χ4v) is 5.68. The van der Waals surface area contributed by atoms with Gasteiger partial charge in [-0.3, -0.25) is 4.79 Å². The standard InChI is InChI=1S/C26H24F3N5O5S/c1-25(2,3)24-33-32-22(39-24)16-8-9-19-18(10-16)34(23(35)17(30)13-40(19,36)37)12-14-4-6-15(7-5-14)21-31-11-20(38-21)26(27,28)29/h4-11,17H,12-13,30H2,1-3H3/t17-/m0/s1. The summed E-state index contributed by atoms with van der Waals surface area (Å²) < 4.78 is 75.4. The molecule has 5 rings (SSSR count). The number of anilines is 1. The third kappa shape index (κ3) is 5.23. The molecule has 2 aromatic carbocycles. The SMILES string of the molecule is CC(C)(C)c1nnc(-c2ccc3c(c2)N(Cc2ccc(-c4ncc(C(F)(F)F)o4)cc2)C(=O)[C@@H](N)CS3(=O)=O)o1. The van der Waals surface area contributed by atoms with E-state index in [1.807, 2.05) is 20.8 Å². The Morgan fingerprint density at radius 3 is 2.27 bits per heavy atom. The Morgan fingerprint density at radius 2 is 1.68 bits per heavy atom. The minimum Gasteiger partial charge on any atom is -0.432 e. The number of carbonyl (C=O) groups is 1. The summed E-state index contributed by atoms with van der Waals surface area (Å²) in [6, 6.07) is 9.20. The lowest BCUT2D eigenvalue weighted by molar-refractivity contribution is -0.152. The van der Waals surface area contributed by atoms with Crippen molar-refractivity contribution in [3.8, 4) is 22.9 Å². The first-order valence-electron chi connectivity index (χ1n) is 12.0. The molecule has 0 aliphatic carbocycles. The van der Waals surface area contributed by atoms with Crippen LogP contribution in [0.25, 0.3) is 22.9 Å². The molecule has 210 valence electrons. The summed E-state index contributed by atoms with van der Waals surface area (Å²) in [5.74, 6) is -2.10. The number of nitrogens with two attached hydrogens (primary N) is 1. The summed E-state index contributed by atoms with van der Waals surface area (Å²) in [4.78, 5) is 18.2. The molecule has 0 fully saturated rings. The highest BCUT2D eigenvalue weighted by Crippen LogP contribution is 2.36. The van der Waals surface area contributed by atoms with Gasteiger partial charge in [-0.05, 0) is 35.9 Å². The van der Waals surface area contributed by atoms with Crippen LogP contribution in [0.3, 0.4) is 0 Å². The number of amides is 1. The Balaban J connectivity index is 1.51. The van der Waals surface area contributed by atoms with Crippen LogP contribution in [0.4, 0.5) is 18.9 Å². The van der Waals surface area contributed by atoms with Gasteiger partial charge in [-0.15, -0.1) is 10.2 Å². The van der Waals surface area contributed by atoms with Gasteiger partial charge in [-0.25, -0.2) is 13.4 Å². The second kappa shape index (κ2) is 9.55. The van der Waals surface area contributed by atoms with E-state index < -0.39 is 44.9 Å². The van der Waals surface area contributed by atoms with E-state index in [0.29, 0.717) is 23.2 Å². The van der Waals surface area contributed by atoms with Crippen molar-refractivity contribution in [2.24, 2.45) is 5.73 Å². The Kier molecular flexibility index (Phi) is 6.57. The highest BCUT2D eigenvalue weighted by molar-refractivity contribution is 7.91. The lowest BCUT2D eigenvalue weighted by Crippen LogP contribution is -2.45. The number of oxazole rings is 1. The van der Waals surface area contributed by atoms with E-state index in [4.69, 9.17) is 14.6 Å². The Hall–Kier alpha value is -4.04. The number of hydrogen-bond donors (Lipinski definition) is 1. The van der Waals surface area contributed by atoms with Gasteiger partial charge in [-0.1, -0.05) is 32.9 Å². The van der Waals surface area contributed by atoms with Gasteiger partial charge >= 0.3 is 6.18 Å². The number of rotatable bonds is 4. The predicted molar refractivity (Wildman–Crippen MR) is 137 cm³/mol. The first-order chi connectivity index (χ1) is 18.6. The molecule has 0 radical (unpaired) electrons. The van der Waals surface area contributed by atoms with Crippen LogP contribution >= 0.6 is 0 Å². The number of carbonyl (C=O) groups excluding carboxylic acids is 1. The molecule has 2 aromatic heterocycles. The average Bonchev–Trinajstić information content (AvgIpc) is 3.56. The molecule has 10 nitrogen and oxygen atoms in total. The van der Waals surface area contributed by atoms with Crippen LogP contribution in [-0.2, 0) is 32.8 Å². The maximum absolute atomic E-state index is 13.3. The topological polar surface area (TPSA) is 145 Å². The molecule has 0 saturated heterocycles. The second-order valence-electron chi connectivity index (χ2n) is 10.4. The van der Waals surface area contributed by atoms with Crippen LogP contribution in [0.5, 0.6) is 0 Å². The van der Waals surface area contributed by atoms with Crippen LogP contribution in [-0.4, -0.2) is 41.3 Å². The quantitative estimate of drug-likeness (QED) is 0.375. The summed E-state index contributed by atoms with van der Waals surface area (Å²) in [7, 11) is -3.92. The summed E-state index contributed by atoms with van der Waals surface area (Å²) in [5.41, 5.74) is 6.92. The van der Waals surface area contributed by atoms with Crippen LogP contribution < -0.4 is 10.6 Å². The number of hydrogen-bond acceptors (Lipinski definition) is 9. The normalized spacial score (nSPS) is 17.5. The second-order valence-corrected chi connectivity index (χ2v) is 12.4. The van der Waals surface area contributed by atoms with E-state index in [-0.39, 0.29) is 34.5 Å². The molecule has 0 bridgehead atoms. The fraction of sp³-hybridized carbons (Fsp3) is 0.308. The Morgan fingerprint density at radius 1 is 1.00 bits per heavy atom. The number of halogens is 3. The van der Waals surface area contributed by atoms with E-state index >= 15 is 0 Å². The molecule has 0 spiro atoms. The maximum Gasteiger partial charge on any atom is 0.451 e. The van der Waals surface area contributed by atoms with Gasteiger partial charge in [-0.2, -0.15) is 13.2 Å². The number of alkyl halides is 3. The minimum absolute atomic E-state index is 0.0742. The maximum atomic E-state index is 13.3. The van der Waals surface area contributed by atoms with Gasteiger partial charge in [0.25, 0.3) is 0 Å². The molecule has 40 heavy (non-hydrogen) atoms. The molecular weight excluding hydrogens is 551 g/mol. The van der Waals surface area contributed by atoms with Crippen LogP contribution in [0, 0.1) is 0 Å². The molecular formula is C26H24F3N5O5S. The van der Waals surface area contributed by atoms with Crippen molar-refractivity contribution in [2.75, 3.05) is 10.7 Å². The number of fused-ring (bicyclic) bond motifs is 1. The van der Waals surface area contributed by atoms with Crippen molar-refractivity contribution in [1.29, 1.82) is 0 Å². The molecule has 0 saturated carbocycles. The Bertz CT molecular complexity index is 1690.